The topological polar surface area (TPSA) is 90.3 Å². The Bertz CT molecular complexity index is 1100. The molecule has 1 heterocycles. The number of halogens is 2. The highest BCUT2D eigenvalue weighted by Gasteiger charge is 2.17. The molecule has 3 aromatic rings. The Morgan fingerprint density at radius 3 is 2.50 bits per heavy atom. The van der Waals surface area contributed by atoms with E-state index in [1.165, 1.54) is 24.3 Å². The van der Waals surface area contributed by atoms with E-state index in [0.717, 1.165) is 6.26 Å². The number of amides is 1. The van der Waals surface area contributed by atoms with Gasteiger partial charge in [-0.2, -0.15) is 8.78 Å². The van der Waals surface area contributed by atoms with Gasteiger partial charge in [0.1, 0.15) is 23.9 Å². The average molecular weight is 409 g/mol. The molecular formula is C18H17F2N3O4S. The van der Waals surface area contributed by atoms with Crippen molar-refractivity contribution < 1.29 is 26.7 Å². The summed E-state index contributed by atoms with van der Waals surface area (Å²) >= 11 is 0. The van der Waals surface area contributed by atoms with Gasteiger partial charge in [-0.05, 0) is 36.4 Å². The minimum atomic E-state index is -3.35. The highest BCUT2D eigenvalue weighted by molar-refractivity contribution is 7.89. The first kappa shape index (κ1) is 19.7. The Balaban J connectivity index is 1.79. The van der Waals surface area contributed by atoms with Crippen LogP contribution in [0.2, 0.25) is 0 Å². The summed E-state index contributed by atoms with van der Waals surface area (Å²) in [6.07, 6.45) is 1.10. The maximum Gasteiger partial charge on any atom is 0.387 e. The van der Waals surface area contributed by atoms with Crippen molar-refractivity contribution in [1.29, 1.82) is 0 Å². The van der Waals surface area contributed by atoms with Gasteiger partial charge in [-0.25, -0.2) is 13.4 Å². The van der Waals surface area contributed by atoms with Crippen molar-refractivity contribution >= 4 is 32.5 Å². The number of carbonyl (C=O) groups is 1. The summed E-state index contributed by atoms with van der Waals surface area (Å²) in [6.45, 7) is -3.08. The van der Waals surface area contributed by atoms with E-state index in [1.54, 1.807) is 28.8 Å². The molecule has 7 nitrogen and oxygen atoms in total. The third kappa shape index (κ3) is 5.03. The molecule has 3 rings (SSSR count). The van der Waals surface area contributed by atoms with Gasteiger partial charge in [0, 0.05) is 11.9 Å². The first-order valence-electron chi connectivity index (χ1n) is 8.18. The Labute approximate surface area is 159 Å². The number of fused-ring (bicyclic) bond motifs is 1. The lowest BCUT2D eigenvalue weighted by Crippen LogP contribution is -2.21. The molecule has 0 spiro atoms. The van der Waals surface area contributed by atoms with Crippen LogP contribution in [0, 0.1) is 0 Å². The highest BCUT2D eigenvalue weighted by Crippen LogP contribution is 2.20. The van der Waals surface area contributed by atoms with Gasteiger partial charge in [0.2, 0.25) is 5.91 Å². The van der Waals surface area contributed by atoms with Crippen LogP contribution in [0.15, 0.2) is 48.5 Å². The third-order valence-electron chi connectivity index (χ3n) is 3.79. The molecule has 0 bridgehead atoms. The molecule has 0 saturated heterocycles. The van der Waals surface area contributed by atoms with Crippen molar-refractivity contribution in [3.63, 3.8) is 0 Å². The van der Waals surface area contributed by atoms with Crippen molar-refractivity contribution in [3.05, 3.63) is 54.4 Å². The summed E-state index contributed by atoms with van der Waals surface area (Å²) < 4.78 is 53.6. The molecule has 28 heavy (non-hydrogen) atoms. The number of nitrogens with zero attached hydrogens (tertiary/aromatic N) is 2. The quantitative estimate of drug-likeness (QED) is 0.648. The standard InChI is InChI=1S/C18H17F2N3O4S/c1-28(25,26)11-16-22-14-4-2-3-5-15(14)23(16)10-17(24)21-12-6-8-13(9-7-12)27-18(19)20/h2-9,18H,10-11H2,1H3,(H,21,24). The molecule has 148 valence electrons. The SMILES string of the molecule is CS(=O)(=O)Cc1nc2ccccc2n1CC(=O)Nc1ccc(OC(F)F)cc1. The van der Waals surface area contributed by atoms with Crippen LogP contribution in [0.25, 0.3) is 11.0 Å². The fraction of sp³-hybridized carbons (Fsp3) is 0.222. The summed E-state index contributed by atoms with van der Waals surface area (Å²) in [5.74, 6) is -0.474. The van der Waals surface area contributed by atoms with Gasteiger partial charge in [-0.3, -0.25) is 4.79 Å². The van der Waals surface area contributed by atoms with Crippen molar-refractivity contribution in [2.75, 3.05) is 11.6 Å². The van der Waals surface area contributed by atoms with Crippen LogP contribution in [0.4, 0.5) is 14.5 Å². The van der Waals surface area contributed by atoms with Crippen molar-refractivity contribution in [3.8, 4) is 5.75 Å². The molecule has 0 aliphatic heterocycles. The summed E-state index contributed by atoms with van der Waals surface area (Å²) in [4.78, 5) is 16.8. The second-order valence-corrected chi connectivity index (χ2v) is 8.26. The number of aromatic nitrogens is 2. The molecule has 0 fully saturated rings. The number of carbonyl (C=O) groups excluding carboxylic acids is 1. The zero-order chi connectivity index (χ0) is 20.3. The van der Waals surface area contributed by atoms with Crippen molar-refractivity contribution in [1.82, 2.24) is 9.55 Å². The molecule has 10 heteroatoms. The minimum Gasteiger partial charge on any atom is -0.435 e. The second kappa shape index (κ2) is 7.93. The lowest BCUT2D eigenvalue weighted by molar-refractivity contribution is -0.116. The van der Waals surface area contributed by atoms with E-state index >= 15 is 0 Å². The second-order valence-electron chi connectivity index (χ2n) is 6.12. The van der Waals surface area contributed by atoms with Crippen LogP contribution in [0.5, 0.6) is 5.75 Å². The van der Waals surface area contributed by atoms with Crippen LogP contribution >= 0.6 is 0 Å². The highest BCUT2D eigenvalue weighted by atomic mass is 32.2. The van der Waals surface area contributed by atoms with Gasteiger partial charge in [0.15, 0.2) is 9.84 Å². The number of rotatable bonds is 7. The molecule has 1 aromatic heterocycles. The summed E-state index contributed by atoms with van der Waals surface area (Å²) in [5.41, 5.74) is 1.61. The molecule has 0 saturated carbocycles. The van der Waals surface area contributed by atoms with Crippen LogP contribution in [-0.4, -0.2) is 36.7 Å². The Morgan fingerprint density at radius 1 is 1.18 bits per heavy atom. The Hall–Kier alpha value is -3.01. The smallest absolute Gasteiger partial charge is 0.387 e. The molecule has 2 aromatic carbocycles. The van der Waals surface area contributed by atoms with Gasteiger partial charge in [0.05, 0.1) is 11.0 Å². The van der Waals surface area contributed by atoms with E-state index in [-0.39, 0.29) is 23.9 Å². The zero-order valence-electron chi connectivity index (χ0n) is 14.8. The molecule has 1 amide bonds. The molecule has 0 atom stereocenters. The number of benzene rings is 2. The van der Waals surface area contributed by atoms with E-state index in [1.807, 2.05) is 0 Å². The fourth-order valence-corrected chi connectivity index (χ4v) is 3.40. The number of ether oxygens (including phenoxy) is 1. The lowest BCUT2D eigenvalue weighted by atomic mass is 10.3. The number of nitrogens with one attached hydrogen (secondary N) is 1. The predicted octanol–water partition coefficient (Wildman–Crippen LogP) is 2.82. The normalized spacial score (nSPS) is 11.7. The first-order valence-corrected chi connectivity index (χ1v) is 10.2. The number of hydrogen-bond acceptors (Lipinski definition) is 5. The van der Waals surface area contributed by atoms with E-state index in [9.17, 15) is 22.0 Å². The van der Waals surface area contributed by atoms with Crippen molar-refractivity contribution in [2.24, 2.45) is 0 Å². The van der Waals surface area contributed by atoms with Gasteiger partial charge >= 0.3 is 6.61 Å². The van der Waals surface area contributed by atoms with Gasteiger partial charge in [0.25, 0.3) is 0 Å². The van der Waals surface area contributed by atoms with Crippen molar-refractivity contribution in [2.45, 2.75) is 18.9 Å². The van der Waals surface area contributed by atoms with Gasteiger partial charge < -0.3 is 14.6 Å². The molecular weight excluding hydrogens is 392 g/mol. The Morgan fingerprint density at radius 2 is 1.86 bits per heavy atom. The fourth-order valence-electron chi connectivity index (χ4n) is 2.71. The van der Waals surface area contributed by atoms with Crippen LogP contribution < -0.4 is 10.1 Å². The first-order chi connectivity index (χ1) is 13.2. The molecule has 0 aliphatic carbocycles. The van der Waals surface area contributed by atoms with E-state index < -0.39 is 22.4 Å². The van der Waals surface area contributed by atoms with Crippen LogP contribution in [0.3, 0.4) is 0 Å². The van der Waals surface area contributed by atoms with E-state index in [0.29, 0.717) is 16.7 Å². The van der Waals surface area contributed by atoms with Gasteiger partial charge in [-0.15, -0.1) is 0 Å². The summed E-state index contributed by atoms with van der Waals surface area (Å²) in [6, 6.07) is 12.5. The monoisotopic (exact) mass is 409 g/mol. The molecule has 0 unspecified atom stereocenters. The molecule has 1 N–H and O–H groups in total. The predicted molar refractivity (Wildman–Crippen MR) is 100.0 cm³/mol. The average Bonchev–Trinajstić information content (AvgIpc) is 2.92. The van der Waals surface area contributed by atoms with Gasteiger partial charge in [-0.1, -0.05) is 12.1 Å². The number of sulfone groups is 1. The van der Waals surface area contributed by atoms with E-state index in [2.05, 4.69) is 15.0 Å². The number of alkyl halides is 2. The van der Waals surface area contributed by atoms with E-state index in [4.69, 9.17) is 0 Å². The van der Waals surface area contributed by atoms with Crippen LogP contribution in [0.1, 0.15) is 5.82 Å². The molecule has 0 radical (unpaired) electrons. The minimum absolute atomic E-state index is 0.0240. The lowest BCUT2D eigenvalue weighted by Gasteiger charge is -2.10. The molecule has 0 aliphatic rings. The zero-order valence-corrected chi connectivity index (χ0v) is 15.6. The maximum absolute atomic E-state index is 12.4. The maximum atomic E-state index is 12.4. The summed E-state index contributed by atoms with van der Waals surface area (Å²) in [5, 5.41) is 2.64. The number of anilines is 1. The number of hydrogen-bond donors (Lipinski definition) is 1. The number of imidazole rings is 1. The third-order valence-corrected chi connectivity index (χ3v) is 4.57. The van der Waals surface area contributed by atoms with Crippen LogP contribution in [-0.2, 0) is 26.9 Å². The summed E-state index contributed by atoms with van der Waals surface area (Å²) in [7, 11) is -3.35. The Kier molecular flexibility index (Phi) is 5.59. The largest absolute Gasteiger partial charge is 0.435 e. The number of para-hydroxylation sites is 2.